The fourth-order valence-corrected chi connectivity index (χ4v) is 17.7. The Hall–Kier alpha value is -10.1. The van der Waals surface area contributed by atoms with Crippen LogP contribution in [-0.2, 0) is 81.0 Å². The molecule has 9 aliphatic rings. The number of nitrogens with zero attached hydrogens (tertiary/aromatic N) is 5. The van der Waals surface area contributed by atoms with Crippen molar-refractivity contribution in [2.45, 2.75) is 183 Å². The monoisotopic (exact) mass is 1790 g/mol. The summed E-state index contributed by atoms with van der Waals surface area (Å²) in [5.74, 6) is -8.94. The normalized spacial score (nSPS) is 24.4. The fraction of sp³-hybridized carbons (Fsp3) is 0.517. The van der Waals surface area contributed by atoms with Gasteiger partial charge >= 0.3 is 36.4 Å². The minimum absolute atomic E-state index is 0.0125. The molecule has 8 atom stereocenters. The first-order valence-corrected chi connectivity index (χ1v) is 41.8. The average molecular weight is 1790 g/mol. The lowest BCUT2D eigenvalue weighted by atomic mass is 9.85. The summed E-state index contributed by atoms with van der Waals surface area (Å²) in [7, 11) is 2.46. The molecule has 0 spiro atoms. The molecule has 0 aromatic heterocycles. The van der Waals surface area contributed by atoms with Gasteiger partial charge < -0.3 is 64.8 Å². The van der Waals surface area contributed by atoms with Crippen molar-refractivity contribution in [2.24, 2.45) is 17.8 Å². The SMILES string of the molecule is COC(=O)c1cc(N2CCN([C@@H]3CC[C@@](C(=O)NCc4cc(F)cc(C(F)(F)F)c4)(C4CC4)OC3)C[C@@H]2C)ccc1F.COC(=O)c1cc(N2CCNC[C@@H]2C)ccc1F.C[C@H]1CN([C@@H]2CC[C@@](C(=O)NCc3cc(F)cc(C(F)(F)F)c3)(C3CC3)OC2)CCN1c1ccc(F)c(C(=O)O)c1.O=C1CC[C@@](C(=O)NCc2cc(F)cc(C(F)(F)F)c2)(C2CC2)OC1. The van der Waals surface area contributed by atoms with E-state index in [0.29, 0.717) is 108 Å². The number of hydrogen-bond donors (Lipinski definition) is 5. The van der Waals surface area contributed by atoms with Gasteiger partial charge in [-0.3, -0.25) is 29.0 Å². The molecule has 0 unspecified atom stereocenters. The van der Waals surface area contributed by atoms with Gasteiger partial charge in [-0.05, 0) is 235 Å². The molecule has 3 aliphatic carbocycles. The van der Waals surface area contributed by atoms with Gasteiger partial charge in [0.2, 0.25) is 0 Å². The number of rotatable bonds is 20. The van der Waals surface area contributed by atoms with Crippen LogP contribution >= 0.6 is 0 Å². The second-order valence-corrected chi connectivity index (χ2v) is 33.5. The fourth-order valence-electron chi connectivity index (χ4n) is 17.7. The first-order valence-electron chi connectivity index (χ1n) is 41.8. The molecule has 3 saturated carbocycles. The maximum absolute atomic E-state index is 14.1. The van der Waals surface area contributed by atoms with Crippen molar-refractivity contribution in [3.63, 3.8) is 0 Å². The molecule has 6 saturated heterocycles. The van der Waals surface area contributed by atoms with E-state index in [0.717, 1.165) is 106 Å². The lowest BCUT2D eigenvalue weighted by Crippen LogP contribution is -2.60. The van der Waals surface area contributed by atoms with Gasteiger partial charge in [-0.15, -0.1) is 0 Å². The van der Waals surface area contributed by atoms with E-state index in [9.17, 15) is 105 Å². The van der Waals surface area contributed by atoms with Gasteiger partial charge in [-0.1, -0.05) is 0 Å². The molecule has 15 rings (SSSR count). The van der Waals surface area contributed by atoms with Crippen LogP contribution in [0.5, 0.6) is 0 Å². The number of amides is 3. The Balaban J connectivity index is 0.000000160. The number of esters is 2. The van der Waals surface area contributed by atoms with Gasteiger partial charge in [0.05, 0.1) is 60.8 Å². The zero-order chi connectivity index (χ0) is 91.1. The molecule has 6 aromatic carbocycles. The Morgan fingerprint density at radius 1 is 0.452 bits per heavy atom. The minimum atomic E-state index is -4.69. The van der Waals surface area contributed by atoms with Crippen LogP contribution < -0.4 is 36.0 Å². The molecular weight excluding hydrogens is 1690 g/mol. The van der Waals surface area contributed by atoms with Crippen LogP contribution in [0.3, 0.4) is 0 Å². The minimum Gasteiger partial charge on any atom is -0.478 e. The molecule has 0 radical (unpaired) electrons. The van der Waals surface area contributed by atoms with Gasteiger partial charge in [0.1, 0.15) is 58.3 Å². The number of carbonyl (C=O) groups is 7. The number of carbonyl (C=O) groups excluding carboxylic acids is 6. The van der Waals surface area contributed by atoms with E-state index in [-0.39, 0.29) is 132 Å². The lowest BCUT2D eigenvalue weighted by molar-refractivity contribution is -0.165. The Bertz CT molecular complexity index is 4930. The van der Waals surface area contributed by atoms with Crippen LogP contribution in [-0.4, -0.2) is 196 Å². The van der Waals surface area contributed by atoms with Crippen molar-refractivity contribution in [1.82, 2.24) is 31.1 Å². The van der Waals surface area contributed by atoms with E-state index >= 15 is 0 Å². The predicted molar refractivity (Wildman–Crippen MR) is 430 cm³/mol. The van der Waals surface area contributed by atoms with Crippen molar-refractivity contribution in [3.05, 3.63) is 194 Å². The number of hydrogen-bond acceptors (Lipinski definition) is 18. The van der Waals surface area contributed by atoms with Crippen molar-refractivity contribution in [3.8, 4) is 0 Å². The highest BCUT2D eigenvalue weighted by Crippen LogP contribution is 2.50. The molecule has 126 heavy (non-hydrogen) atoms. The van der Waals surface area contributed by atoms with Crippen molar-refractivity contribution in [2.75, 3.05) is 108 Å². The molecule has 0 bridgehead atoms. The van der Waals surface area contributed by atoms with Crippen LogP contribution in [0.2, 0.25) is 0 Å². The highest BCUT2D eigenvalue weighted by molar-refractivity contribution is 5.93. The van der Waals surface area contributed by atoms with E-state index in [4.69, 9.17) is 18.9 Å². The lowest BCUT2D eigenvalue weighted by Gasteiger charge is -2.48. The summed E-state index contributed by atoms with van der Waals surface area (Å²) in [6.45, 7) is 12.5. The zero-order valence-electron chi connectivity index (χ0n) is 69.9. The third-order valence-corrected chi connectivity index (χ3v) is 24.8. The highest BCUT2D eigenvalue weighted by Gasteiger charge is 2.57. The van der Waals surface area contributed by atoms with Crippen LogP contribution in [0.4, 0.5) is 82.9 Å². The van der Waals surface area contributed by atoms with Crippen molar-refractivity contribution in [1.29, 1.82) is 0 Å². The quantitative estimate of drug-likeness (QED) is 0.0352. The summed E-state index contributed by atoms with van der Waals surface area (Å²) < 4.78 is 227. The average Bonchev–Trinajstić information content (AvgIpc) is 1.60. The summed E-state index contributed by atoms with van der Waals surface area (Å²) in [6, 6.07) is 20.3. The number of carboxylic acid groups (broad SMARTS) is 1. The third-order valence-electron chi connectivity index (χ3n) is 24.8. The number of halogens is 15. The van der Waals surface area contributed by atoms with Crippen LogP contribution in [0, 0.1) is 52.7 Å². The molecule has 684 valence electrons. The third kappa shape index (κ3) is 22.9. The summed E-state index contributed by atoms with van der Waals surface area (Å²) in [6.07, 6.45) is -6.30. The number of benzene rings is 6. The summed E-state index contributed by atoms with van der Waals surface area (Å²) in [4.78, 5) is 96.3. The molecular formula is C89H100F15N9O13. The Morgan fingerprint density at radius 2 is 0.802 bits per heavy atom. The molecule has 6 heterocycles. The summed E-state index contributed by atoms with van der Waals surface area (Å²) in [5.41, 5.74) is -4.74. The standard InChI is InChI=1S/C30H34F5N3O4.C29H32F5N3O4.C17H17F4NO3.C13H17FN2O2/c1-18-16-37(9-10-38(18)23-5-6-26(32)25(14-23)27(39)41-2)24-7-8-29(42-17-24,20-3-4-20)28(40)36-15-19-11-21(30(33,34)35)13-22(31)12-19;1-17-15-36(8-9-37(17)22-4-5-25(31)24(13-22)26(38)39)23-6-7-28(41-16-23,19-2-3-19)27(40)35-14-18-10-20(29(32,33)34)12-21(30)11-18;18-13-6-10(5-12(7-13)17(19,20)21)8-22-15(24)16(11-1-2-11)4-3-14(23)9-25-16;1-9-8-15-5-6-16(9)10-3-4-12(14)11(7-10)13(17)18-2/h5-6,11-14,18,20,24H,3-4,7-10,15-17H2,1-2H3,(H,36,40);4-5,10-13,17,19,23H,2-3,6-9,14-16H2,1H3,(H,35,40)(H,38,39);5-7,11H,1-4,8-9H2,(H,22,24);3-4,7,9,15H,5-6,8H2,1-2H3/t18-,24+,29-;17-,23+,28-;16-;9-/m0000/s1. The second kappa shape index (κ2) is 39.7. The topological polar surface area (TPSA) is 250 Å². The largest absolute Gasteiger partial charge is 0.478 e. The number of aromatic carboxylic acids is 1. The number of ketones is 1. The van der Waals surface area contributed by atoms with Gasteiger partial charge in [-0.25, -0.2) is 40.7 Å². The number of ether oxygens (including phenoxy) is 5. The number of anilines is 3. The second-order valence-electron chi connectivity index (χ2n) is 33.5. The molecule has 22 nitrogen and oxygen atoms in total. The van der Waals surface area contributed by atoms with E-state index < -0.39 is 111 Å². The van der Waals surface area contributed by atoms with Gasteiger partial charge in [0.15, 0.2) is 5.78 Å². The van der Waals surface area contributed by atoms with E-state index in [1.807, 2.05) is 11.8 Å². The Labute approximate surface area is 717 Å². The Morgan fingerprint density at radius 3 is 1.10 bits per heavy atom. The first kappa shape index (κ1) is 95.0. The van der Waals surface area contributed by atoms with Crippen LogP contribution in [0.1, 0.15) is 162 Å². The van der Waals surface area contributed by atoms with Crippen molar-refractivity contribution >= 4 is 58.5 Å². The van der Waals surface area contributed by atoms with Crippen LogP contribution in [0.15, 0.2) is 109 Å². The summed E-state index contributed by atoms with van der Waals surface area (Å²) in [5, 5.41) is 20.5. The predicted octanol–water partition coefficient (Wildman–Crippen LogP) is 14.2. The number of methoxy groups -OCH3 is 2. The van der Waals surface area contributed by atoms with Crippen LogP contribution in [0.25, 0.3) is 0 Å². The number of Topliss-reactive ketones (excluding diaryl/α,β-unsaturated/α-hetero) is 1. The van der Waals surface area contributed by atoms with E-state index in [1.165, 1.54) is 44.6 Å². The zero-order valence-corrected chi connectivity index (χ0v) is 69.9. The summed E-state index contributed by atoms with van der Waals surface area (Å²) >= 11 is 0. The molecule has 3 amide bonds. The van der Waals surface area contributed by atoms with E-state index in [1.54, 1.807) is 24.3 Å². The number of piperazine rings is 3. The number of carboxylic acids is 1. The maximum Gasteiger partial charge on any atom is 0.416 e. The molecule has 6 aromatic rings. The van der Waals surface area contributed by atoms with E-state index in [2.05, 4.69) is 59.5 Å². The van der Waals surface area contributed by atoms with Crippen molar-refractivity contribution < 1.29 is 128 Å². The first-order chi connectivity index (χ1) is 59.6. The molecule has 6 aliphatic heterocycles. The highest BCUT2D eigenvalue weighted by atomic mass is 19.4. The maximum atomic E-state index is 14.1. The van der Waals surface area contributed by atoms with Gasteiger partial charge in [0, 0.05) is 132 Å². The number of alkyl halides is 9. The smallest absolute Gasteiger partial charge is 0.416 e. The molecule has 5 N–H and O–H groups in total. The van der Waals surface area contributed by atoms with Gasteiger partial charge in [-0.2, -0.15) is 39.5 Å². The number of nitrogens with one attached hydrogen (secondary N) is 4. The molecule has 9 fully saturated rings. The molecule has 37 heteroatoms. The van der Waals surface area contributed by atoms with Gasteiger partial charge in [0.25, 0.3) is 17.7 Å². The Kier molecular flexibility index (Phi) is 29.9.